The van der Waals surface area contributed by atoms with Gasteiger partial charge in [-0.15, -0.1) is 0 Å². The number of anilines is 1. The van der Waals surface area contributed by atoms with Gasteiger partial charge in [0.05, 0.1) is 38.3 Å². The Morgan fingerprint density at radius 3 is 2.63 bits per heavy atom. The van der Waals surface area contributed by atoms with Gasteiger partial charge in [-0.05, 0) is 48.0 Å². The molecule has 0 aliphatic rings. The number of ether oxygens (including phenoxy) is 2. The molecule has 0 saturated carbocycles. The number of rotatable bonds is 7. The van der Waals surface area contributed by atoms with E-state index in [9.17, 15) is 4.79 Å². The smallest absolute Gasteiger partial charge is 0.273 e. The quantitative estimate of drug-likeness (QED) is 0.492. The number of hydrogen-bond acceptors (Lipinski definition) is 5. The minimum absolute atomic E-state index is 0.289. The standard InChI is InChI=1S/C22H21N5O3/c1-29-18-8-6-16(7-9-18)20-11-21(26-25-20)22(28)24-17-12-23-27(14-17)13-15-4-3-5-19(10-15)30-2/h3-12,14H,13H2,1-2H3,(H,24,28)(H,25,26). The lowest BCUT2D eigenvalue weighted by atomic mass is 10.1. The molecule has 152 valence electrons. The monoisotopic (exact) mass is 403 g/mol. The Labute approximate surface area is 173 Å². The fourth-order valence-electron chi connectivity index (χ4n) is 3.02. The molecule has 30 heavy (non-hydrogen) atoms. The summed E-state index contributed by atoms with van der Waals surface area (Å²) in [5.74, 6) is 1.27. The normalized spacial score (nSPS) is 10.6. The average molecular weight is 403 g/mol. The molecule has 0 atom stereocenters. The van der Waals surface area contributed by atoms with Crippen LogP contribution in [0.3, 0.4) is 0 Å². The fourth-order valence-corrected chi connectivity index (χ4v) is 3.02. The summed E-state index contributed by atoms with van der Waals surface area (Å²) in [6.45, 7) is 0.568. The first-order valence-corrected chi connectivity index (χ1v) is 9.31. The topological polar surface area (TPSA) is 94.1 Å². The molecule has 1 amide bonds. The highest BCUT2D eigenvalue weighted by Gasteiger charge is 2.12. The summed E-state index contributed by atoms with van der Waals surface area (Å²) < 4.78 is 12.2. The number of methoxy groups -OCH3 is 2. The summed E-state index contributed by atoms with van der Waals surface area (Å²) in [5, 5.41) is 14.1. The maximum Gasteiger partial charge on any atom is 0.273 e. The average Bonchev–Trinajstić information content (AvgIpc) is 3.44. The molecule has 8 heteroatoms. The third-order valence-corrected chi connectivity index (χ3v) is 4.58. The Kier molecular flexibility index (Phi) is 5.47. The number of benzene rings is 2. The van der Waals surface area contributed by atoms with E-state index in [1.165, 1.54) is 0 Å². The van der Waals surface area contributed by atoms with Crippen LogP contribution in [0.15, 0.2) is 67.0 Å². The molecule has 2 aromatic carbocycles. The molecule has 0 bridgehead atoms. The highest BCUT2D eigenvalue weighted by Crippen LogP contribution is 2.21. The Morgan fingerprint density at radius 1 is 1.07 bits per heavy atom. The highest BCUT2D eigenvalue weighted by atomic mass is 16.5. The molecule has 0 aliphatic heterocycles. The minimum Gasteiger partial charge on any atom is -0.497 e. The summed E-state index contributed by atoms with van der Waals surface area (Å²) in [6.07, 6.45) is 3.39. The number of aromatic amines is 1. The predicted octanol–water partition coefficient (Wildman–Crippen LogP) is 3.59. The van der Waals surface area contributed by atoms with E-state index in [0.29, 0.717) is 23.6 Å². The minimum atomic E-state index is -0.289. The molecule has 0 aliphatic carbocycles. The molecule has 4 aromatic rings. The molecule has 2 heterocycles. The maximum atomic E-state index is 12.6. The van der Waals surface area contributed by atoms with E-state index in [2.05, 4.69) is 20.6 Å². The Bertz CT molecular complexity index is 1150. The number of H-pyrrole nitrogens is 1. The number of hydrogen-bond donors (Lipinski definition) is 2. The first-order chi connectivity index (χ1) is 14.6. The second kappa shape index (κ2) is 8.52. The summed E-state index contributed by atoms with van der Waals surface area (Å²) in [5.41, 5.74) is 3.58. The summed E-state index contributed by atoms with van der Waals surface area (Å²) >= 11 is 0. The van der Waals surface area contributed by atoms with Crippen molar-refractivity contribution < 1.29 is 14.3 Å². The first-order valence-electron chi connectivity index (χ1n) is 9.31. The molecular formula is C22H21N5O3. The fraction of sp³-hybridized carbons (Fsp3) is 0.136. The van der Waals surface area contributed by atoms with Crippen molar-refractivity contribution in [3.8, 4) is 22.8 Å². The number of aromatic nitrogens is 4. The van der Waals surface area contributed by atoms with E-state index in [1.54, 1.807) is 37.4 Å². The molecule has 2 N–H and O–H groups in total. The maximum absolute atomic E-state index is 12.6. The van der Waals surface area contributed by atoms with Crippen molar-refractivity contribution >= 4 is 11.6 Å². The number of carbonyl (C=O) groups is 1. The molecule has 0 unspecified atom stereocenters. The number of carbonyl (C=O) groups excluding carboxylic acids is 1. The molecule has 0 radical (unpaired) electrons. The van der Waals surface area contributed by atoms with Crippen LogP contribution in [0.25, 0.3) is 11.3 Å². The van der Waals surface area contributed by atoms with Crippen molar-refractivity contribution in [1.82, 2.24) is 20.0 Å². The molecule has 2 aromatic heterocycles. The lowest BCUT2D eigenvalue weighted by Crippen LogP contribution is -2.11. The lowest BCUT2D eigenvalue weighted by molar-refractivity contribution is 0.102. The van der Waals surface area contributed by atoms with Crippen LogP contribution in [0.1, 0.15) is 16.1 Å². The van der Waals surface area contributed by atoms with Crippen LogP contribution in [-0.4, -0.2) is 40.1 Å². The zero-order valence-electron chi connectivity index (χ0n) is 16.6. The van der Waals surface area contributed by atoms with Gasteiger partial charge in [-0.1, -0.05) is 12.1 Å². The Hall–Kier alpha value is -4.07. The SMILES string of the molecule is COc1ccc(-c2cc(C(=O)Nc3cnn(Cc4cccc(OC)c4)c3)[nH]n2)cc1. The van der Waals surface area contributed by atoms with Gasteiger partial charge in [-0.3, -0.25) is 14.6 Å². The van der Waals surface area contributed by atoms with Crippen LogP contribution in [0.4, 0.5) is 5.69 Å². The number of nitrogens with zero attached hydrogens (tertiary/aromatic N) is 3. The van der Waals surface area contributed by atoms with Gasteiger partial charge in [0.25, 0.3) is 5.91 Å². The molecular weight excluding hydrogens is 382 g/mol. The zero-order chi connectivity index (χ0) is 20.9. The zero-order valence-corrected chi connectivity index (χ0v) is 16.6. The van der Waals surface area contributed by atoms with E-state index in [1.807, 2.05) is 48.5 Å². The second-order valence-electron chi connectivity index (χ2n) is 6.63. The van der Waals surface area contributed by atoms with Crippen LogP contribution in [-0.2, 0) is 6.54 Å². The summed E-state index contributed by atoms with van der Waals surface area (Å²) in [7, 11) is 3.25. The predicted molar refractivity (Wildman–Crippen MR) is 113 cm³/mol. The van der Waals surface area contributed by atoms with E-state index < -0.39 is 0 Å². The van der Waals surface area contributed by atoms with Gasteiger partial charge in [-0.2, -0.15) is 10.2 Å². The van der Waals surface area contributed by atoms with Crippen molar-refractivity contribution in [2.75, 3.05) is 19.5 Å². The molecule has 0 spiro atoms. The van der Waals surface area contributed by atoms with Crippen molar-refractivity contribution in [2.24, 2.45) is 0 Å². The van der Waals surface area contributed by atoms with Crippen molar-refractivity contribution in [1.29, 1.82) is 0 Å². The van der Waals surface area contributed by atoms with Crippen LogP contribution in [0, 0.1) is 0 Å². The van der Waals surface area contributed by atoms with Gasteiger partial charge in [-0.25, -0.2) is 0 Å². The lowest BCUT2D eigenvalue weighted by Gasteiger charge is -2.04. The van der Waals surface area contributed by atoms with Gasteiger partial charge in [0.15, 0.2) is 0 Å². The Morgan fingerprint density at radius 2 is 1.87 bits per heavy atom. The molecule has 0 fully saturated rings. The van der Waals surface area contributed by atoms with E-state index in [4.69, 9.17) is 9.47 Å². The molecule has 0 saturated heterocycles. The molecule has 4 rings (SSSR count). The highest BCUT2D eigenvalue weighted by molar-refractivity contribution is 6.03. The summed E-state index contributed by atoms with van der Waals surface area (Å²) in [6, 6.07) is 16.9. The number of amides is 1. The van der Waals surface area contributed by atoms with Crippen LogP contribution in [0.2, 0.25) is 0 Å². The number of nitrogens with one attached hydrogen (secondary N) is 2. The van der Waals surface area contributed by atoms with Gasteiger partial charge in [0.1, 0.15) is 17.2 Å². The van der Waals surface area contributed by atoms with E-state index in [-0.39, 0.29) is 5.91 Å². The van der Waals surface area contributed by atoms with E-state index in [0.717, 1.165) is 22.6 Å². The summed E-state index contributed by atoms with van der Waals surface area (Å²) in [4.78, 5) is 12.6. The largest absolute Gasteiger partial charge is 0.497 e. The Balaban J connectivity index is 1.41. The molecule has 8 nitrogen and oxygen atoms in total. The van der Waals surface area contributed by atoms with Crippen LogP contribution in [0.5, 0.6) is 11.5 Å². The van der Waals surface area contributed by atoms with E-state index >= 15 is 0 Å². The van der Waals surface area contributed by atoms with Gasteiger partial charge >= 0.3 is 0 Å². The van der Waals surface area contributed by atoms with Gasteiger partial charge in [0, 0.05) is 11.8 Å². The van der Waals surface area contributed by atoms with Crippen molar-refractivity contribution in [3.05, 3.63) is 78.2 Å². The van der Waals surface area contributed by atoms with Crippen LogP contribution >= 0.6 is 0 Å². The van der Waals surface area contributed by atoms with Crippen molar-refractivity contribution in [2.45, 2.75) is 6.54 Å². The van der Waals surface area contributed by atoms with Gasteiger partial charge in [0.2, 0.25) is 0 Å². The third kappa shape index (κ3) is 4.33. The van der Waals surface area contributed by atoms with Gasteiger partial charge < -0.3 is 14.8 Å². The van der Waals surface area contributed by atoms with Crippen molar-refractivity contribution in [3.63, 3.8) is 0 Å². The second-order valence-corrected chi connectivity index (χ2v) is 6.63. The van der Waals surface area contributed by atoms with Crippen LogP contribution < -0.4 is 14.8 Å². The first kappa shape index (κ1) is 19.3. The third-order valence-electron chi connectivity index (χ3n) is 4.58.